The van der Waals surface area contributed by atoms with E-state index in [1.807, 2.05) is 44.2 Å². The van der Waals surface area contributed by atoms with Crippen molar-refractivity contribution in [1.29, 1.82) is 0 Å². The molecule has 3 aromatic rings. The van der Waals surface area contributed by atoms with Gasteiger partial charge in [-0.1, -0.05) is 41.4 Å². The number of anilines is 1. The lowest BCUT2D eigenvalue weighted by Crippen LogP contribution is -2.19. The van der Waals surface area contributed by atoms with Gasteiger partial charge in [-0.05, 0) is 49.8 Å². The lowest BCUT2D eigenvalue weighted by molar-refractivity contribution is -0.116. The third kappa shape index (κ3) is 3.97. The van der Waals surface area contributed by atoms with Gasteiger partial charge in [-0.25, -0.2) is 0 Å². The summed E-state index contributed by atoms with van der Waals surface area (Å²) in [5, 5.41) is 10.3. The van der Waals surface area contributed by atoms with Crippen LogP contribution in [0.1, 0.15) is 11.1 Å². The molecule has 0 bridgehead atoms. The van der Waals surface area contributed by atoms with Crippen molar-refractivity contribution in [3.8, 4) is 11.4 Å². The third-order valence-corrected chi connectivity index (χ3v) is 4.36. The zero-order valence-corrected chi connectivity index (χ0v) is 15.4. The number of aromatic nitrogens is 3. The highest BCUT2D eigenvalue weighted by Crippen LogP contribution is 2.23. The molecule has 0 spiro atoms. The van der Waals surface area contributed by atoms with Crippen LogP contribution >= 0.6 is 23.8 Å². The zero-order chi connectivity index (χ0) is 18.0. The molecule has 2 aromatic carbocycles. The number of hydrogen-bond donors (Lipinski definition) is 2. The minimum atomic E-state index is -0.225. The van der Waals surface area contributed by atoms with E-state index in [2.05, 4.69) is 15.5 Å². The molecule has 0 aliphatic heterocycles. The number of hydrogen-bond acceptors (Lipinski definition) is 3. The van der Waals surface area contributed by atoms with Crippen molar-refractivity contribution in [2.45, 2.75) is 20.4 Å². The maximum atomic E-state index is 12.4. The van der Waals surface area contributed by atoms with Crippen molar-refractivity contribution in [3.05, 3.63) is 63.4 Å². The fraction of sp³-hybridized carbons (Fsp3) is 0.167. The fourth-order valence-corrected chi connectivity index (χ4v) is 3.00. The first kappa shape index (κ1) is 17.4. The van der Waals surface area contributed by atoms with E-state index in [0.717, 1.165) is 16.7 Å². The number of carbonyl (C=O) groups is 1. The van der Waals surface area contributed by atoms with Crippen LogP contribution < -0.4 is 5.32 Å². The van der Waals surface area contributed by atoms with Crippen molar-refractivity contribution in [2.75, 3.05) is 5.32 Å². The van der Waals surface area contributed by atoms with Gasteiger partial charge in [0.05, 0.1) is 10.7 Å². The number of aromatic amines is 1. The van der Waals surface area contributed by atoms with Crippen LogP contribution in [-0.2, 0) is 11.3 Å². The second-order valence-corrected chi connectivity index (χ2v) is 6.63. The van der Waals surface area contributed by atoms with Gasteiger partial charge in [0.1, 0.15) is 6.54 Å². The standard InChI is InChI=1S/C18H17ClN4OS/c1-11-4-3-5-13(8-11)17-21-22-18(25)23(17)10-16(24)20-15-7-6-12(2)9-14(15)19/h3-9H,10H2,1-2H3,(H,20,24)(H,22,25). The van der Waals surface area contributed by atoms with Gasteiger partial charge >= 0.3 is 0 Å². The monoisotopic (exact) mass is 372 g/mol. The van der Waals surface area contributed by atoms with Gasteiger partial charge in [0, 0.05) is 5.56 Å². The van der Waals surface area contributed by atoms with E-state index in [0.29, 0.717) is 21.3 Å². The van der Waals surface area contributed by atoms with Crippen LogP contribution in [0.3, 0.4) is 0 Å². The average Bonchev–Trinajstić information content (AvgIpc) is 2.91. The SMILES string of the molecule is Cc1cccc(-c2n[nH]c(=S)n2CC(=O)Nc2ccc(C)cc2Cl)c1. The first-order valence-corrected chi connectivity index (χ1v) is 8.51. The summed E-state index contributed by atoms with van der Waals surface area (Å²) in [7, 11) is 0. The van der Waals surface area contributed by atoms with Gasteiger partial charge in [-0.15, -0.1) is 0 Å². The summed E-state index contributed by atoms with van der Waals surface area (Å²) in [6.07, 6.45) is 0. The number of amides is 1. The van der Waals surface area contributed by atoms with Crippen LogP contribution in [0.4, 0.5) is 5.69 Å². The number of carbonyl (C=O) groups excluding carboxylic acids is 1. The van der Waals surface area contributed by atoms with E-state index in [1.165, 1.54) is 0 Å². The van der Waals surface area contributed by atoms with E-state index in [1.54, 1.807) is 16.7 Å². The second-order valence-electron chi connectivity index (χ2n) is 5.84. The summed E-state index contributed by atoms with van der Waals surface area (Å²) in [6, 6.07) is 13.4. The summed E-state index contributed by atoms with van der Waals surface area (Å²) < 4.78 is 2.06. The molecule has 0 atom stereocenters. The number of nitrogens with one attached hydrogen (secondary N) is 2. The molecule has 7 heteroatoms. The van der Waals surface area contributed by atoms with Crippen LogP contribution in [0.5, 0.6) is 0 Å². The Morgan fingerprint density at radius 1 is 1.24 bits per heavy atom. The van der Waals surface area contributed by atoms with Crippen molar-refractivity contribution < 1.29 is 4.79 Å². The van der Waals surface area contributed by atoms with Gasteiger partial charge < -0.3 is 5.32 Å². The molecule has 1 heterocycles. The molecule has 2 N–H and O–H groups in total. The molecule has 0 radical (unpaired) electrons. The Morgan fingerprint density at radius 2 is 2.00 bits per heavy atom. The van der Waals surface area contributed by atoms with Crippen molar-refractivity contribution >= 4 is 35.4 Å². The van der Waals surface area contributed by atoms with Crippen LogP contribution in [0.2, 0.25) is 5.02 Å². The number of nitrogens with zero attached hydrogens (tertiary/aromatic N) is 2. The van der Waals surface area contributed by atoms with Crippen LogP contribution in [0.15, 0.2) is 42.5 Å². The van der Waals surface area contributed by atoms with E-state index < -0.39 is 0 Å². The Morgan fingerprint density at radius 3 is 2.72 bits per heavy atom. The molecule has 0 saturated carbocycles. The molecule has 25 heavy (non-hydrogen) atoms. The van der Waals surface area contributed by atoms with Crippen LogP contribution in [-0.4, -0.2) is 20.7 Å². The highest BCUT2D eigenvalue weighted by Gasteiger charge is 2.13. The molecule has 0 unspecified atom stereocenters. The Kier molecular flexibility index (Phi) is 5.01. The Balaban J connectivity index is 1.84. The smallest absolute Gasteiger partial charge is 0.244 e. The summed E-state index contributed by atoms with van der Waals surface area (Å²) >= 11 is 11.4. The van der Waals surface area contributed by atoms with E-state index in [-0.39, 0.29) is 12.5 Å². The third-order valence-electron chi connectivity index (χ3n) is 3.73. The summed E-state index contributed by atoms with van der Waals surface area (Å²) in [5.74, 6) is 0.399. The molecule has 1 aromatic heterocycles. The van der Waals surface area contributed by atoms with Crippen LogP contribution in [0, 0.1) is 18.6 Å². The van der Waals surface area contributed by atoms with Crippen molar-refractivity contribution in [1.82, 2.24) is 14.8 Å². The van der Waals surface area contributed by atoms with Crippen molar-refractivity contribution in [3.63, 3.8) is 0 Å². The van der Waals surface area contributed by atoms with Crippen LogP contribution in [0.25, 0.3) is 11.4 Å². The number of H-pyrrole nitrogens is 1. The van der Waals surface area contributed by atoms with E-state index in [4.69, 9.17) is 23.8 Å². The predicted molar refractivity (Wildman–Crippen MR) is 102 cm³/mol. The van der Waals surface area contributed by atoms with E-state index in [9.17, 15) is 4.79 Å². The maximum Gasteiger partial charge on any atom is 0.244 e. The summed E-state index contributed by atoms with van der Waals surface area (Å²) in [4.78, 5) is 12.4. The Labute approximate surface area is 155 Å². The highest BCUT2D eigenvalue weighted by molar-refractivity contribution is 7.71. The van der Waals surface area contributed by atoms with Gasteiger partial charge in [-0.3, -0.25) is 14.5 Å². The maximum absolute atomic E-state index is 12.4. The quantitative estimate of drug-likeness (QED) is 0.662. The largest absolute Gasteiger partial charge is 0.323 e. The molecule has 0 aliphatic carbocycles. The lowest BCUT2D eigenvalue weighted by Gasteiger charge is -2.10. The zero-order valence-electron chi connectivity index (χ0n) is 13.8. The minimum Gasteiger partial charge on any atom is -0.323 e. The number of halogens is 1. The van der Waals surface area contributed by atoms with Gasteiger partial charge in [0.2, 0.25) is 5.91 Å². The summed E-state index contributed by atoms with van der Waals surface area (Å²) in [5.41, 5.74) is 3.61. The summed E-state index contributed by atoms with van der Waals surface area (Å²) in [6.45, 7) is 3.99. The topological polar surface area (TPSA) is 62.7 Å². The second kappa shape index (κ2) is 7.21. The Hall–Kier alpha value is -2.44. The molecule has 0 saturated heterocycles. The van der Waals surface area contributed by atoms with Gasteiger partial charge in [0.25, 0.3) is 0 Å². The minimum absolute atomic E-state index is 0.0445. The molecule has 128 valence electrons. The molecular weight excluding hydrogens is 356 g/mol. The normalized spacial score (nSPS) is 10.7. The van der Waals surface area contributed by atoms with E-state index >= 15 is 0 Å². The average molecular weight is 373 g/mol. The van der Waals surface area contributed by atoms with Gasteiger partial charge in [-0.2, -0.15) is 5.10 Å². The van der Waals surface area contributed by atoms with Gasteiger partial charge in [0.15, 0.2) is 10.6 Å². The van der Waals surface area contributed by atoms with Crippen molar-refractivity contribution in [2.24, 2.45) is 0 Å². The first-order chi connectivity index (χ1) is 11.9. The Bertz CT molecular complexity index is 993. The lowest BCUT2D eigenvalue weighted by atomic mass is 10.1. The number of aryl methyl sites for hydroxylation is 2. The molecule has 0 fully saturated rings. The molecule has 5 nitrogen and oxygen atoms in total. The number of rotatable bonds is 4. The fourth-order valence-electron chi connectivity index (χ4n) is 2.52. The highest BCUT2D eigenvalue weighted by atomic mass is 35.5. The molecular formula is C18H17ClN4OS. The predicted octanol–water partition coefficient (Wildman–Crippen LogP) is 4.52. The number of benzene rings is 2. The molecule has 0 aliphatic rings. The molecule has 3 rings (SSSR count). The molecule has 1 amide bonds. The first-order valence-electron chi connectivity index (χ1n) is 7.72.